The number of carbonyl (C=O) groups excluding carboxylic acids is 10. The van der Waals surface area contributed by atoms with Gasteiger partial charge in [0.2, 0.25) is 47.3 Å². The summed E-state index contributed by atoms with van der Waals surface area (Å²) in [5, 5.41) is 26.4. The first kappa shape index (κ1) is 86.6. The van der Waals surface area contributed by atoms with E-state index in [0.717, 1.165) is 37.7 Å². The van der Waals surface area contributed by atoms with E-state index in [1.807, 2.05) is 85.7 Å². The third-order valence-electron chi connectivity index (χ3n) is 17.4. The number of hydrogen-bond donors (Lipinski definition) is 10. The van der Waals surface area contributed by atoms with Gasteiger partial charge in [-0.2, -0.15) is 13.5 Å². The third-order valence-corrected chi connectivity index (χ3v) is 18.4. The molecule has 1 aliphatic rings. The fourth-order valence-electron chi connectivity index (χ4n) is 12.0. The zero-order chi connectivity index (χ0) is 78.8. The van der Waals surface area contributed by atoms with Gasteiger partial charge in [-0.05, 0) is 156 Å². The summed E-state index contributed by atoms with van der Waals surface area (Å²) in [6.07, 6.45) is 9.57. The molecule has 108 heavy (non-hydrogen) atoms. The highest BCUT2D eigenvalue weighted by Crippen LogP contribution is 2.23. The summed E-state index contributed by atoms with van der Waals surface area (Å²) in [5.41, 5.74) is 5.09. The largest absolute Gasteiger partial charge is 0.508 e. The number of nitrogens with zero attached hydrogens (tertiary/aromatic N) is 3. The molecule has 1 unspecified atom stereocenters. The van der Waals surface area contributed by atoms with E-state index in [1.54, 1.807) is 54.6 Å². The van der Waals surface area contributed by atoms with Gasteiger partial charge in [0.05, 0.1) is 18.3 Å². The summed E-state index contributed by atoms with van der Waals surface area (Å²) in [4.78, 5) is 141. The van der Waals surface area contributed by atoms with Crippen LogP contribution in [-0.4, -0.2) is 156 Å². The molecule has 9 amide bonds. The highest BCUT2D eigenvalue weighted by Gasteiger charge is 2.36. The van der Waals surface area contributed by atoms with Gasteiger partial charge < -0.3 is 61.6 Å². The van der Waals surface area contributed by atoms with Crippen LogP contribution < -0.4 is 52.7 Å². The van der Waals surface area contributed by atoms with Crippen molar-refractivity contribution in [2.45, 2.75) is 218 Å². The summed E-state index contributed by atoms with van der Waals surface area (Å²) < 4.78 is 50.1. The van der Waals surface area contributed by atoms with Crippen LogP contribution in [0.5, 0.6) is 5.75 Å². The Labute approximate surface area is 633 Å². The van der Waals surface area contributed by atoms with E-state index in [4.69, 9.17) is 14.2 Å². The number of aryl methyl sites for hydroxylation is 1. The van der Waals surface area contributed by atoms with Crippen molar-refractivity contribution in [1.29, 1.82) is 0 Å². The van der Waals surface area contributed by atoms with Gasteiger partial charge in [-0.15, -0.1) is 0 Å². The van der Waals surface area contributed by atoms with Gasteiger partial charge in [0.1, 0.15) is 65.0 Å². The minimum absolute atomic E-state index is 0.0317. The predicted octanol–water partition coefficient (Wildman–Crippen LogP) is 9.02. The summed E-state index contributed by atoms with van der Waals surface area (Å²) in [6.45, 7) is 16.9. The molecule has 4 aromatic carbocycles. The molecule has 0 radical (unpaired) electrons. The monoisotopic (exact) mass is 1510 g/mol. The van der Waals surface area contributed by atoms with Crippen molar-refractivity contribution in [2.24, 2.45) is 16.9 Å². The van der Waals surface area contributed by atoms with Crippen LogP contribution in [0.25, 0.3) is 0 Å². The van der Waals surface area contributed by atoms with Gasteiger partial charge in [0.15, 0.2) is 0 Å². The molecule has 29 heteroatoms. The summed E-state index contributed by atoms with van der Waals surface area (Å²) in [6, 6.07) is 26.5. The maximum Gasteiger partial charge on any atom is 0.508 e. The molecule has 1 fully saturated rings. The smallest absolute Gasteiger partial charge is 0.488 e. The quantitative estimate of drug-likeness (QED) is 0.00572. The van der Waals surface area contributed by atoms with Crippen LogP contribution in [0.2, 0.25) is 0 Å². The van der Waals surface area contributed by atoms with Crippen LogP contribution in [-0.2, 0) is 77.4 Å². The van der Waals surface area contributed by atoms with Gasteiger partial charge in [-0.1, -0.05) is 133 Å². The minimum Gasteiger partial charge on any atom is -0.488 e. The fourth-order valence-corrected chi connectivity index (χ4v) is 12.6. The molecule has 2 heterocycles. The van der Waals surface area contributed by atoms with E-state index in [-0.39, 0.29) is 97.0 Å². The van der Waals surface area contributed by atoms with Crippen LogP contribution in [0.3, 0.4) is 0 Å². The topological polar surface area (TPSA) is 390 Å². The summed E-state index contributed by atoms with van der Waals surface area (Å²) in [5.74, 6) is -3.76. The standard InChI is InChI=1S/C79H108N12O16S/c1-10-11-25-61(26-17-12-13-18-29-70(93)80-42-43-81-72(95)59-35-41-69(82-48-59)90-84-49-58-24-19-20-28-68(58)108(102,103)104)106-78(101)105-51-57-30-36-60(37-31-57)85-75(98)65(46-53(4)5)87-76(99)66(47-56-32-38-62(39-33-56)107-79(7,8)9)88-74(97)63(40-34-55-22-15-14-16-23-55)86-71(94)50-83-73(96)64(45-52(2)3)89-77(100)67-27-21-44-91(67)54(6)92/h14-16,19-20,22-24,28,30-33,35-39,41,48-49,52-53,61,63-67H,10-13,17-18,21,25-27,29,34,40,42-47,50-51H2,1-9H3,(H,80,93)(H,81,95)(H,82,90)(H,83,96)(H,85,98)(H,86,94)(H,87,99)(H,88,97)(H,89,100)(H,102,103,104)/t61?,63-,64-,65-,66-,67-/m0/s1. The molecule has 586 valence electrons. The first-order chi connectivity index (χ1) is 51.4. The Bertz CT molecular complexity index is 3910. The van der Waals surface area contributed by atoms with E-state index in [1.165, 1.54) is 54.6 Å². The lowest BCUT2D eigenvalue weighted by Crippen LogP contribution is -2.58. The predicted molar refractivity (Wildman–Crippen MR) is 410 cm³/mol. The zero-order valence-electron chi connectivity index (χ0n) is 63.4. The molecule has 1 saturated heterocycles. The maximum absolute atomic E-state index is 14.8. The number of anilines is 2. The fraction of sp³-hybridized carbons (Fsp3) is 0.494. The average Bonchev–Trinajstić information content (AvgIpc) is 1.20. The van der Waals surface area contributed by atoms with Crippen molar-refractivity contribution in [2.75, 3.05) is 36.9 Å². The average molecular weight is 1510 g/mol. The van der Waals surface area contributed by atoms with Crippen LogP contribution in [0, 0.1) is 11.8 Å². The van der Waals surface area contributed by atoms with Crippen molar-refractivity contribution >= 4 is 87.2 Å². The molecule has 10 N–H and O–H groups in total. The molecule has 0 spiro atoms. The molecular weight excluding hydrogens is 1410 g/mol. The Balaban J connectivity index is 0.979. The lowest BCUT2D eigenvalue weighted by Gasteiger charge is -2.27. The second-order valence-corrected chi connectivity index (χ2v) is 30.1. The van der Waals surface area contributed by atoms with E-state index >= 15 is 0 Å². The van der Waals surface area contributed by atoms with Gasteiger partial charge >= 0.3 is 6.16 Å². The Kier molecular flexibility index (Phi) is 35.4. The van der Waals surface area contributed by atoms with Crippen LogP contribution in [0.1, 0.15) is 185 Å². The molecular formula is C79H108N12O16S. The number of amides is 9. The number of pyridine rings is 1. The van der Waals surface area contributed by atoms with Gasteiger partial charge in [-0.25, -0.2) is 9.78 Å². The number of likely N-dealkylation sites (tertiary alicyclic amines) is 1. The van der Waals surface area contributed by atoms with Crippen molar-refractivity contribution in [3.8, 4) is 5.75 Å². The Hall–Kier alpha value is -10.3. The van der Waals surface area contributed by atoms with Crippen LogP contribution in [0.15, 0.2) is 131 Å². The van der Waals surface area contributed by atoms with E-state index in [9.17, 15) is 60.9 Å². The Morgan fingerprint density at radius 1 is 0.657 bits per heavy atom. The van der Waals surface area contributed by atoms with Crippen molar-refractivity contribution in [3.05, 3.63) is 149 Å². The van der Waals surface area contributed by atoms with Crippen molar-refractivity contribution in [3.63, 3.8) is 0 Å². The highest BCUT2D eigenvalue weighted by atomic mass is 32.2. The first-order valence-corrected chi connectivity index (χ1v) is 38.5. The molecule has 6 atom stereocenters. The molecule has 5 aromatic rings. The normalized spacial score (nSPS) is 14.3. The van der Waals surface area contributed by atoms with Gasteiger partial charge in [-0.3, -0.25) is 53.1 Å². The van der Waals surface area contributed by atoms with Crippen LogP contribution in [0.4, 0.5) is 16.3 Å². The SMILES string of the molecule is CCCCC(CCCCCCC(=O)NCCNC(=O)c1ccc(NN=Cc2ccccc2S(=O)(=O)O)nc1)OC(=O)OCc1ccc(NC(=O)[C@H](CC(C)C)NC(=O)[C@H](Cc2ccc(OC(C)(C)C)cc2)NC(=O)[C@H](CCc2ccccc2)NC(=O)CNC(=O)[C@H](CC(C)C)NC(=O)[C@@H]2CCCN2C(C)=O)cc1. The second kappa shape index (κ2) is 44.1. The zero-order valence-corrected chi connectivity index (χ0v) is 64.2. The molecule has 1 aliphatic heterocycles. The molecule has 0 saturated carbocycles. The minimum atomic E-state index is -4.45. The second-order valence-electron chi connectivity index (χ2n) is 28.7. The third kappa shape index (κ3) is 31.6. The molecule has 28 nitrogen and oxygen atoms in total. The summed E-state index contributed by atoms with van der Waals surface area (Å²) >= 11 is 0. The number of rotatable bonds is 43. The molecule has 0 aliphatic carbocycles. The first-order valence-electron chi connectivity index (χ1n) is 37.1. The number of benzene rings is 4. The van der Waals surface area contributed by atoms with E-state index in [2.05, 4.69) is 58.0 Å². The molecule has 0 bridgehead atoms. The highest BCUT2D eigenvalue weighted by molar-refractivity contribution is 7.86. The Morgan fingerprint density at radius 2 is 1.30 bits per heavy atom. The number of nitrogens with one attached hydrogen (secondary N) is 9. The van der Waals surface area contributed by atoms with E-state index < -0.39 is 100.0 Å². The number of unbranched alkanes of at least 4 members (excludes halogenated alkanes) is 4. The number of hydrogen-bond acceptors (Lipinski definition) is 18. The maximum atomic E-state index is 14.8. The van der Waals surface area contributed by atoms with Crippen molar-refractivity contribution in [1.82, 2.24) is 47.1 Å². The van der Waals surface area contributed by atoms with Gasteiger partial charge in [0.25, 0.3) is 16.0 Å². The van der Waals surface area contributed by atoms with Gasteiger partial charge in [0, 0.05) is 56.8 Å². The number of aromatic nitrogens is 1. The molecule has 6 rings (SSSR count). The number of hydrazone groups is 1. The number of carbonyl (C=O) groups is 10. The van der Waals surface area contributed by atoms with Crippen LogP contribution >= 0.6 is 0 Å². The molecule has 1 aromatic heterocycles. The van der Waals surface area contributed by atoms with Crippen molar-refractivity contribution < 1.29 is 75.1 Å². The summed E-state index contributed by atoms with van der Waals surface area (Å²) in [7, 11) is -4.45. The number of ether oxygens (including phenoxy) is 3. The lowest BCUT2D eigenvalue weighted by atomic mass is 10.00. The van der Waals surface area contributed by atoms with E-state index in [0.29, 0.717) is 74.1 Å². The lowest BCUT2D eigenvalue weighted by molar-refractivity contribution is -0.138. The Morgan fingerprint density at radius 3 is 1.95 bits per heavy atom.